The van der Waals surface area contributed by atoms with Gasteiger partial charge in [0.15, 0.2) is 0 Å². The van der Waals surface area contributed by atoms with Crippen molar-refractivity contribution in [2.45, 2.75) is 38.2 Å². The van der Waals surface area contributed by atoms with Crippen molar-refractivity contribution in [2.75, 3.05) is 13.2 Å². The molecular weight excluding hydrogens is 126 g/mol. The number of hydrogen-bond donors (Lipinski definition) is 1. The van der Waals surface area contributed by atoms with E-state index in [0.29, 0.717) is 0 Å². The second-order valence-electron chi connectivity index (χ2n) is 3.01. The van der Waals surface area contributed by atoms with E-state index < -0.39 is 0 Å². The zero-order valence-electron chi connectivity index (χ0n) is 6.73. The lowest BCUT2D eigenvalue weighted by molar-refractivity contribution is -0.0981. The van der Waals surface area contributed by atoms with Gasteiger partial charge in [0.1, 0.15) is 0 Å². The van der Waals surface area contributed by atoms with E-state index in [1.807, 2.05) is 0 Å². The normalized spacial score (nSPS) is 22.2. The molecule has 0 radical (unpaired) electrons. The summed E-state index contributed by atoms with van der Waals surface area (Å²) in [7, 11) is 0. The summed E-state index contributed by atoms with van der Waals surface area (Å²) >= 11 is 0. The van der Waals surface area contributed by atoms with E-state index in [1.54, 1.807) is 0 Å². The lowest BCUT2D eigenvalue weighted by Crippen LogP contribution is -2.41. The maximum Gasteiger partial charge on any atom is 0.0694 e. The third-order valence-corrected chi connectivity index (χ3v) is 2.32. The van der Waals surface area contributed by atoms with Crippen LogP contribution in [0.2, 0.25) is 0 Å². The van der Waals surface area contributed by atoms with Crippen molar-refractivity contribution < 1.29 is 4.74 Å². The van der Waals surface area contributed by atoms with Crippen LogP contribution in [0, 0.1) is 0 Å². The first-order valence-electron chi connectivity index (χ1n) is 4.17. The van der Waals surface area contributed by atoms with Gasteiger partial charge in [0.05, 0.1) is 5.60 Å². The fourth-order valence-electron chi connectivity index (χ4n) is 1.61. The summed E-state index contributed by atoms with van der Waals surface area (Å²) in [4.78, 5) is 0. The summed E-state index contributed by atoms with van der Waals surface area (Å²) in [6.45, 7) is 3.65. The second kappa shape index (κ2) is 3.35. The highest BCUT2D eigenvalue weighted by atomic mass is 16.5. The van der Waals surface area contributed by atoms with Crippen LogP contribution in [0.3, 0.4) is 0 Å². The highest BCUT2D eigenvalue weighted by Crippen LogP contribution is 2.37. The van der Waals surface area contributed by atoms with Crippen LogP contribution in [0.25, 0.3) is 0 Å². The van der Waals surface area contributed by atoms with Crippen LogP contribution >= 0.6 is 0 Å². The van der Waals surface area contributed by atoms with Gasteiger partial charge in [-0.3, -0.25) is 0 Å². The minimum Gasteiger partial charge on any atom is -0.375 e. The molecule has 1 rings (SSSR count). The molecule has 2 N–H and O–H groups in total. The molecule has 0 unspecified atom stereocenters. The van der Waals surface area contributed by atoms with E-state index >= 15 is 0 Å². The first-order chi connectivity index (χ1) is 4.83. The molecule has 0 aliphatic heterocycles. The fraction of sp³-hybridized carbons (Fsp3) is 1.00. The number of nitrogens with two attached hydrogens (primary N) is 1. The van der Waals surface area contributed by atoms with Gasteiger partial charge in [-0.25, -0.2) is 0 Å². The van der Waals surface area contributed by atoms with Crippen molar-refractivity contribution in [3.63, 3.8) is 0 Å². The molecule has 2 heteroatoms. The first kappa shape index (κ1) is 8.02. The molecule has 0 saturated heterocycles. The molecule has 0 heterocycles. The SMILES string of the molecule is CCOC1(CCN)CCC1. The van der Waals surface area contributed by atoms with Gasteiger partial charge < -0.3 is 10.5 Å². The van der Waals surface area contributed by atoms with Crippen LogP contribution in [-0.4, -0.2) is 18.8 Å². The van der Waals surface area contributed by atoms with Crippen LogP contribution < -0.4 is 5.73 Å². The first-order valence-corrected chi connectivity index (χ1v) is 4.17. The molecule has 1 aliphatic carbocycles. The predicted octanol–water partition coefficient (Wildman–Crippen LogP) is 1.29. The summed E-state index contributed by atoms with van der Waals surface area (Å²) < 4.78 is 5.63. The molecule has 1 aliphatic rings. The Morgan fingerprint density at radius 3 is 2.50 bits per heavy atom. The van der Waals surface area contributed by atoms with Crippen LogP contribution in [0.1, 0.15) is 32.6 Å². The standard InChI is InChI=1S/C8H17NO/c1-2-10-8(6-7-9)4-3-5-8/h2-7,9H2,1H3. The number of hydrogen-bond acceptors (Lipinski definition) is 2. The van der Waals surface area contributed by atoms with Gasteiger partial charge in [-0.15, -0.1) is 0 Å². The van der Waals surface area contributed by atoms with Gasteiger partial charge in [0.25, 0.3) is 0 Å². The Bertz CT molecular complexity index is 91.4. The summed E-state index contributed by atoms with van der Waals surface area (Å²) in [6.07, 6.45) is 4.80. The van der Waals surface area contributed by atoms with Crippen molar-refractivity contribution >= 4 is 0 Å². The Morgan fingerprint density at radius 2 is 2.20 bits per heavy atom. The Morgan fingerprint density at radius 1 is 1.50 bits per heavy atom. The predicted molar refractivity (Wildman–Crippen MR) is 41.9 cm³/mol. The molecule has 0 aromatic heterocycles. The lowest BCUT2D eigenvalue weighted by Gasteiger charge is -2.41. The van der Waals surface area contributed by atoms with Crippen molar-refractivity contribution in [2.24, 2.45) is 5.73 Å². The van der Waals surface area contributed by atoms with Crippen molar-refractivity contribution in [3.05, 3.63) is 0 Å². The summed E-state index contributed by atoms with van der Waals surface area (Å²) in [5.74, 6) is 0. The lowest BCUT2D eigenvalue weighted by atomic mass is 9.77. The average Bonchev–Trinajstić information content (AvgIpc) is 1.84. The Kier molecular flexibility index (Phi) is 2.69. The Labute approximate surface area is 62.7 Å². The van der Waals surface area contributed by atoms with Gasteiger partial charge in [-0.1, -0.05) is 0 Å². The highest BCUT2D eigenvalue weighted by Gasteiger charge is 2.36. The molecule has 0 spiro atoms. The molecular formula is C8H17NO. The zero-order valence-corrected chi connectivity index (χ0v) is 6.73. The maximum atomic E-state index is 5.63. The molecule has 1 saturated carbocycles. The monoisotopic (exact) mass is 143 g/mol. The molecule has 0 aromatic carbocycles. The second-order valence-corrected chi connectivity index (χ2v) is 3.01. The number of rotatable bonds is 4. The molecule has 1 fully saturated rings. The van der Waals surface area contributed by atoms with E-state index in [9.17, 15) is 0 Å². The molecule has 0 aromatic rings. The third kappa shape index (κ3) is 1.50. The average molecular weight is 143 g/mol. The van der Waals surface area contributed by atoms with E-state index in [4.69, 9.17) is 10.5 Å². The molecule has 0 atom stereocenters. The van der Waals surface area contributed by atoms with Crippen molar-refractivity contribution in [3.8, 4) is 0 Å². The van der Waals surface area contributed by atoms with Gasteiger partial charge in [0, 0.05) is 6.61 Å². The number of ether oxygens (including phenoxy) is 1. The minimum absolute atomic E-state index is 0.198. The summed E-state index contributed by atoms with van der Waals surface area (Å²) in [6, 6.07) is 0. The molecule has 0 bridgehead atoms. The third-order valence-electron chi connectivity index (χ3n) is 2.32. The fourth-order valence-corrected chi connectivity index (χ4v) is 1.61. The van der Waals surface area contributed by atoms with Gasteiger partial charge >= 0.3 is 0 Å². The quantitative estimate of drug-likeness (QED) is 0.643. The van der Waals surface area contributed by atoms with Crippen LogP contribution in [0.15, 0.2) is 0 Å². The van der Waals surface area contributed by atoms with Crippen molar-refractivity contribution in [1.82, 2.24) is 0 Å². The van der Waals surface area contributed by atoms with Gasteiger partial charge in [0.2, 0.25) is 0 Å². The smallest absolute Gasteiger partial charge is 0.0694 e. The van der Waals surface area contributed by atoms with E-state index in [1.165, 1.54) is 19.3 Å². The molecule has 0 amide bonds. The van der Waals surface area contributed by atoms with Gasteiger partial charge in [-0.05, 0) is 39.2 Å². The molecule has 10 heavy (non-hydrogen) atoms. The largest absolute Gasteiger partial charge is 0.375 e. The van der Waals surface area contributed by atoms with E-state index in [-0.39, 0.29) is 5.60 Å². The minimum atomic E-state index is 0.198. The summed E-state index contributed by atoms with van der Waals surface area (Å²) in [5, 5.41) is 0. The van der Waals surface area contributed by atoms with Gasteiger partial charge in [-0.2, -0.15) is 0 Å². The topological polar surface area (TPSA) is 35.2 Å². The van der Waals surface area contributed by atoms with E-state index in [0.717, 1.165) is 19.6 Å². The van der Waals surface area contributed by atoms with Crippen molar-refractivity contribution in [1.29, 1.82) is 0 Å². The van der Waals surface area contributed by atoms with Crippen LogP contribution in [-0.2, 0) is 4.74 Å². The Balaban J connectivity index is 2.27. The van der Waals surface area contributed by atoms with Crippen LogP contribution in [0.4, 0.5) is 0 Å². The molecule has 2 nitrogen and oxygen atoms in total. The van der Waals surface area contributed by atoms with Crippen LogP contribution in [0.5, 0.6) is 0 Å². The maximum absolute atomic E-state index is 5.63. The molecule has 60 valence electrons. The van der Waals surface area contributed by atoms with E-state index in [2.05, 4.69) is 6.92 Å². The zero-order chi connectivity index (χ0) is 7.45. The highest BCUT2D eigenvalue weighted by molar-refractivity contribution is 4.89. The summed E-state index contributed by atoms with van der Waals surface area (Å²) in [5.41, 5.74) is 5.67. The Hall–Kier alpha value is -0.0800.